The Hall–Kier alpha value is -1.29. The maximum Gasteiger partial charge on any atom is 0.331 e. The van der Waals surface area contributed by atoms with Crippen molar-refractivity contribution in [2.45, 2.75) is 13.3 Å². The number of rotatable bonds is 3. The number of hydrogen-bond acceptors (Lipinski definition) is 2. The average Bonchev–Trinajstić information content (AvgIpc) is 2.16. The monoisotopic (exact) mass is 269 g/mol. The van der Waals surface area contributed by atoms with Crippen molar-refractivity contribution in [2.75, 3.05) is 5.73 Å². The van der Waals surface area contributed by atoms with Crippen molar-refractivity contribution >= 4 is 33.7 Å². The van der Waals surface area contributed by atoms with Crippen molar-refractivity contribution in [3.05, 3.63) is 33.8 Å². The first-order valence-corrected chi connectivity index (χ1v) is 5.32. The quantitative estimate of drug-likeness (QED) is 0.655. The normalized spacial score (nSPS) is 11.5. The lowest BCUT2D eigenvalue weighted by molar-refractivity contribution is -0.132. The van der Waals surface area contributed by atoms with E-state index >= 15 is 0 Å². The second-order valence-electron chi connectivity index (χ2n) is 3.10. The van der Waals surface area contributed by atoms with Crippen molar-refractivity contribution in [3.8, 4) is 0 Å². The SMILES string of the molecule is CCC(=Cc1ccc(Br)cc1N)C(=O)O. The Morgan fingerprint density at radius 2 is 2.27 bits per heavy atom. The molecule has 0 aromatic heterocycles. The second kappa shape index (κ2) is 4.98. The van der Waals surface area contributed by atoms with E-state index in [9.17, 15) is 4.79 Å². The van der Waals surface area contributed by atoms with Crippen LogP contribution in [0.1, 0.15) is 18.9 Å². The number of anilines is 1. The lowest BCUT2D eigenvalue weighted by Crippen LogP contribution is -1.99. The number of aliphatic carboxylic acids is 1. The Kier molecular flexibility index (Phi) is 3.91. The number of carboxylic acid groups (broad SMARTS) is 1. The van der Waals surface area contributed by atoms with Gasteiger partial charge in [-0.1, -0.05) is 28.9 Å². The fourth-order valence-electron chi connectivity index (χ4n) is 1.18. The van der Waals surface area contributed by atoms with Crippen molar-refractivity contribution in [1.29, 1.82) is 0 Å². The summed E-state index contributed by atoms with van der Waals surface area (Å²) in [4.78, 5) is 10.8. The van der Waals surface area contributed by atoms with Crippen LogP contribution in [0.2, 0.25) is 0 Å². The second-order valence-corrected chi connectivity index (χ2v) is 4.02. The Balaban J connectivity index is 3.12. The molecule has 0 aliphatic rings. The number of nitrogen functional groups attached to an aromatic ring is 1. The number of carboxylic acids is 1. The van der Waals surface area contributed by atoms with Gasteiger partial charge in [0.25, 0.3) is 0 Å². The molecule has 0 aliphatic carbocycles. The van der Waals surface area contributed by atoms with Gasteiger partial charge >= 0.3 is 5.97 Å². The van der Waals surface area contributed by atoms with E-state index in [0.717, 1.165) is 10.0 Å². The van der Waals surface area contributed by atoms with Gasteiger partial charge in [0.1, 0.15) is 0 Å². The van der Waals surface area contributed by atoms with Gasteiger partial charge in [0, 0.05) is 15.7 Å². The molecule has 80 valence electrons. The molecular weight excluding hydrogens is 258 g/mol. The summed E-state index contributed by atoms with van der Waals surface area (Å²) in [6.07, 6.45) is 2.08. The van der Waals surface area contributed by atoms with Gasteiger partial charge in [-0.05, 0) is 30.2 Å². The van der Waals surface area contributed by atoms with Crippen LogP contribution in [-0.4, -0.2) is 11.1 Å². The lowest BCUT2D eigenvalue weighted by Gasteiger charge is -2.03. The van der Waals surface area contributed by atoms with Gasteiger partial charge in [0.15, 0.2) is 0 Å². The third kappa shape index (κ3) is 3.09. The summed E-state index contributed by atoms with van der Waals surface area (Å²) >= 11 is 3.29. The molecule has 0 saturated carbocycles. The number of hydrogen-bond donors (Lipinski definition) is 2. The minimum absolute atomic E-state index is 0.351. The van der Waals surface area contributed by atoms with Crippen LogP contribution in [-0.2, 0) is 4.79 Å². The highest BCUT2D eigenvalue weighted by Crippen LogP contribution is 2.21. The van der Waals surface area contributed by atoms with E-state index < -0.39 is 5.97 Å². The van der Waals surface area contributed by atoms with Crippen LogP contribution < -0.4 is 5.73 Å². The van der Waals surface area contributed by atoms with Crippen LogP contribution in [0.25, 0.3) is 6.08 Å². The van der Waals surface area contributed by atoms with Crippen molar-refractivity contribution in [3.63, 3.8) is 0 Å². The highest BCUT2D eigenvalue weighted by Gasteiger charge is 2.05. The van der Waals surface area contributed by atoms with Crippen molar-refractivity contribution in [1.82, 2.24) is 0 Å². The molecule has 0 radical (unpaired) electrons. The first kappa shape index (κ1) is 11.8. The molecule has 1 rings (SSSR count). The Morgan fingerprint density at radius 1 is 1.60 bits per heavy atom. The van der Waals surface area contributed by atoms with Crippen molar-refractivity contribution in [2.24, 2.45) is 0 Å². The largest absolute Gasteiger partial charge is 0.478 e. The standard InChI is InChI=1S/C11H12BrNO2/c1-2-7(11(14)15)5-8-3-4-9(12)6-10(8)13/h3-6H,2,13H2,1H3,(H,14,15). The third-order valence-electron chi connectivity index (χ3n) is 2.03. The molecule has 0 saturated heterocycles. The Bertz CT molecular complexity index is 413. The summed E-state index contributed by atoms with van der Waals surface area (Å²) in [7, 11) is 0. The molecule has 3 nitrogen and oxygen atoms in total. The molecule has 0 aliphatic heterocycles. The van der Waals surface area contributed by atoms with E-state index in [2.05, 4.69) is 15.9 Å². The molecule has 0 heterocycles. The number of carbonyl (C=O) groups is 1. The minimum atomic E-state index is -0.903. The summed E-state index contributed by atoms with van der Waals surface area (Å²) in [6.45, 7) is 1.80. The zero-order valence-corrected chi connectivity index (χ0v) is 9.91. The summed E-state index contributed by atoms with van der Waals surface area (Å²) in [5.74, 6) is -0.903. The van der Waals surface area contributed by atoms with Gasteiger partial charge < -0.3 is 10.8 Å². The molecule has 3 N–H and O–H groups in total. The molecule has 1 aromatic rings. The highest BCUT2D eigenvalue weighted by molar-refractivity contribution is 9.10. The zero-order chi connectivity index (χ0) is 11.4. The first-order valence-electron chi connectivity index (χ1n) is 4.53. The van der Waals surface area contributed by atoms with E-state index in [0.29, 0.717) is 17.7 Å². The molecule has 15 heavy (non-hydrogen) atoms. The van der Waals surface area contributed by atoms with Crippen LogP contribution in [0.4, 0.5) is 5.69 Å². The molecule has 0 atom stereocenters. The summed E-state index contributed by atoms with van der Waals surface area (Å²) in [5.41, 5.74) is 7.41. The predicted octanol–water partition coefficient (Wildman–Crippen LogP) is 2.91. The van der Waals surface area contributed by atoms with Crippen LogP contribution in [0.15, 0.2) is 28.2 Å². The van der Waals surface area contributed by atoms with E-state index in [1.54, 1.807) is 25.1 Å². The number of halogens is 1. The van der Waals surface area contributed by atoms with Gasteiger partial charge in [-0.3, -0.25) is 0 Å². The van der Waals surface area contributed by atoms with E-state index in [1.807, 2.05) is 6.07 Å². The summed E-state index contributed by atoms with van der Waals surface area (Å²) in [5, 5.41) is 8.86. The zero-order valence-electron chi connectivity index (χ0n) is 8.33. The maximum absolute atomic E-state index is 10.8. The van der Waals surface area contributed by atoms with E-state index in [4.69, 9.17) is 10.8 Å². The minimum Gasteiger partial charge on any atom is -0.478 e. The molecular formula is C11H12BrNO2. The molecule has 1 aromatic carbocycles. The predicted molar refractivity (Wildman–Crippen MR) is 64.5 cm³/mol. The topological polar surface area (TPSA) is 63.3 Å². The summed E-state index contributed by atoms with van der Waals surface area (Å²) in [6, 6.07) is 5.37. The molecule has 0 fully saturated rings. The lowest BCUT2D eigenvalue weighted by atomic mass is 10.1. The smallest absolute Gasteiger partial charge is 0.331 e. The molecule has 0 amide bonds. The van der Waals surface area contributed by atoms with Crippen LogP contribution in [0.3, 0.4) is 0 Å². The Labute approximate surface area is 96.7 Å². The van der Waals surface area contributed by atoms with E-state index in [1.165, 1.54) is 0 Å². The van der Waals surface area contributed by atoms with Crippen LogP contribution in [0.5, 0.6) is 0 Å². The number of benzene rings is 1. The molecule has 0 bridgehead atoms. The molecule has 0 unspecified atom stereocenters. The van der Waals surface area contributed by atoms with Gasteiger partial charge in [0.2, 0.25) is 0 Å². The third-order valence-corrected chi connectivity index (χ3v) is 2.53. The first-order chi connectivity index (χ1) is 7.04. The molecule has 0 spiro atoms. The highest BCUT2D eigenvalue weighted by atomic mass is 79.9. The van der Waals surface area contributed by atoms with E-state index in [-0.39, 0.29) is 0 Å². The van der Waals surface area contributed by atoms with Gasteiger partial charge in [-0.25, -0.2) is 4.79 Å². The fourth-order valence-corrected chi connectivity index (χ4v) is 1.56. The number of nitrogens with two attached hydrogens (primary N) is 1. The van der Waals surface area contributed by atoms with Crippen LogP contribution in [0, 0.1) is 0 Å². The molecule has 4 heteroatoms. The van der Waals surface area contributed by atoms with Gasteiger partial charge in [-0.2, -0.15) is 0 Å². The average molecular weight is 270 g/mol. The van der Waals surface area contributed by atoms with Gasteiger partial charge in [-0.15, -0.1) is 0 Å². The Morgan fingerprint density at radius 3 is 2.73 bits per heavy atom. The van der Waals surface area contributed by atoms with Gasteiger partial charge in [0.05, 0.1) is 0 Å². The van der Waals surface area contributed by atoms with Crippen molar-refractivity contribution < 1.29 is 9.90 Å². The maximum atomic E-state index is 10.8. The fraction of sp³-hybridized carbons (Fsp3) is 0.182. The van der Waals surface area contributed by atoms with Crippen LogP contribution >= 0.6 is 15.9 Å². The summed E-state index contributed by atoms with van der Waals surface area (Å²) < 4.78 is 0.880.